The minimum Gasteiger partial charge on any atom is -0.496 e. The van der Waals surface area contributed by atoms with Crippen molar-refractivity contribution in [3.8, 4) is 5.75 Å². The first kappa shape index (κ1) is 15.5. The molecule has 20 heavy (non-hydrogen) atoms. The average molecular weight is 404 g/mol. The molecule has 0 aliphatic carbocycles. The first-order valence-corrected chi connectivity index (χ1v) is 7.54. The van der Waals surface area contributed by atoms with E-state index in [9.17, 15) is 9.50 Å². The smallest absolute Gasteiger partial charge is 0.124 e. The fourth-order valence-corrected chi connectivity index (χ4v) is 2.89. The Kier molecular flexibility index (Phi) is 5.18. The monoisotopic (exact) mass is 402 g/mol. The van der Waals surface area contributed by atoms with Crippen molar-refractivity contribution in [1.82, 2.24) is 0 Å². The second kappa shape index (κ2) is 6.70. The topological polar surface area (TPSA) is 29.5 Å². The maximum Gasteiger partial charge on any atom is 0.124 e. The normalized spacial score (nSPS) is 12.2. The van der Waals surface area contributed by atoms with Gasteiger partial charge in [-0.2, -0.15) is 0 Å². The van der Waals surface area contributed by atoms with Crippen LogP contribution >= 0.6 is 31.9 Å². The molecule has 0 aliphatic heterocycles. The summed E-state index contributed by atoms with van der Waals surface area (Å²) < 4.78 is 20.1. The molecule has 0 saturated carbocycles. The molecular formula is C15H13Br2FO2. The molecule has 2 rings (SSSR count). The van der Waals surface area contributed by atoms with Gasteiger partial charge in [0, 0.05) is 15.4 Å². The van der Waals surface area contributed by atoms with E-state index in [-0.39, 0.29) is 5.82 Å². The quantitative estimate of drug-likeness (QED) is 0.805. The van der Waals surface area contributed by atoms with Crippen LogP contribution in [0.3, 0.4) is 0 Å². The number of aliphatic hydroxyl groups excluding tert-OH is 1. The van der Waals surface area contributed by atoms with E-state index in [0.717, 1.165) is 10.0 Å². The van der Waals surface area contributed by atoms with Crippen molar-refractivity contribution >= 4 is 31.9 Å². The van der Waals surface area contributed by atoms with Crippen LogP contribution in [0.25, 0.3) is 0 Å². The molecule has 1 N–H and O–H groups in total. The van der Waals surface area contributed by atoms with Gasteiger partial charge in [-0.05, 0) is 47.5 Å². The molecule has 0 radical (unpaired) electrons. The van der Waals surface area contributed by atoms with Crippen molar-refractivity contribution in [3.05, 3.63) is 62.3 Å². The molecular weight excluding hydrogens is 391 g/mol. The number of aliphatic hydroxyl groups is 1. The number of methoxy groups -OCH3 is 1. The fraction of sp³-hybridized carbons (Fsp3) is 0.200. The van der Waals surface area contributed by atoms with E-state index in [0.29, 0.717) is 22.2 Å². The molecule has 0 aromatic heterocycles. The molecule has 0 heterocycles. The Morgan fingerprint density at radius 2 is 1.90 bits per heavy atom. The van der Waals surface area contributed by atoms with Gasteiger partial charge in [-0.25, -0.2) is 4.39 Å². The second-order valence-corrected chi connectivity index (χ2v) is 6.21. The Labute approximate surface area is 133 Å². The van der Waals surface area contributed by atoms with Crippen molar-refractivity contribution in [2.75, 3.05) is 7.11 Å². The van der Waals surface area contributed by atoms with Gasteiger partial charge < -0.3 is 9.84 Å². The van der Waals surface area contributed by atoms with E-state index < -0.39 is 6.10 Å². The SMILES string of the molecule is COc1ccc(Br)cc1CC(O)c1cc(F)cc(Br)c1. The molecule has 5 heteroatoms. The fourth-order valence-electron chi connectivity index (χ4n) is 2.00. The predicted molar refractivity (Wildman–Crippen MR) is 83.5 cm³/mol. The Bertz CT molecular complexity index is 597. The summed E-state index contributed by atoms with van der Waals surface area (Å²) in [6.45, 7) is 0. The standard InChI is InChI=1S/C15H13Br2FO2/c1-20-15-3-2-11(16)5-10(15)7-14(19)9-4-12(17)8-13(18)6-9/h2-6,8,14,19H,7H2,1H3. The zero-order chi connectivity index (χ0) is 14.7. The summed E-state index contributed by atoms with van der Waals surface area (Å²) >= 11 is 6.61. The summed E-state index contributed by atoms with van der Waals surface area (Å²) in [4.78, 5) is 0. The van der Waals surface area contributed by atoms with Crippen molar-refractivity contribution in [2.24, 2.45) is 0 Å². The third-order valence-electron chi connectivity index (χ3n) is 2.93. The van der Waals surface area contributed by atoms with Crippen LogP contribution in [-0.2, 0) is 6.42 Å². The Morgan fingerprint density at radius 1 is 1.15 bits per heavy atom. The van der Waals surface area contributed by atoms with Crippen molar-refractivity contribution in [2.45, 2.75) is 12.5 Å². The number of rotatable bonds is 4. The molecule has 0 aliphatic rings. The van der Waals surface area contributed by atoms with E-state index in [1.807, 2.05) is 18.2 Å². The van der Waals surface area contributed by atoms with Gasteiger partial charge in [-0.1, -0.05) is 31.9 Å². The zero-order valence-electron chi connectivity index (χ0n) is 10.7. The van der Waals surface area contributed by atoms with Gasteiger partial charge in [0.05, 0.1) is 13.2 Å². The largest absolute Gasteiger partial charge is 0.496 e. The van der Waals surface area contributed by atoms with Crippen molar-refractivity contribution in [1.29, 1.82) is 0 Å². The highest BCUT2D eigenvalue weighted by Crippen LogP contribution is 2.29. The van der Waals surface area contributed by atoms with Crippen LogP contribution in [0, 0.1) is 5.82 Å². The van der Waals surface area contributed by atoms with E-state index in [1.54, 1.807) is 13.2 Å². The molecule has 2 aromatic rings. The van der Waals surface area contributed by atoms with E-state index in [2.05, 4.69) is 31.9 Å². The number of benzene rings is 2. The average Bonchev–Trinajstić information content (AvgIpc) is 2.37. The predicted octanol–water partition coefficient (Wildman–Crippen LogP) is 4.64. The molecule has 0 amide bonds. The Hall–Kier alpha value is -0.910. The minimum absolute atomic E-state index is 0.346. The molecule has 0 fully saturated rings. The van der Waals surface area contributed by atoms with Crippen molar-refractivity contribution in [3.63, 3.8) is 0 Å². The van der Waals surface area contributed by atoms with Crippen LogP contribution in [0.4, 0.5) is 4.39 Å². The van der Waals surface area contributed by atoms with Crippen LogP contribution in [0.15, 0.2) is 45.3 Å². The molecule has 0 saturated heterocycles. The van der Waals surface area contributed by atoms with Crippen LogP contribution < -0.4 is 4.74 Å². The van der Waals surface area contributed by atoms with Gasteiger partial charge in [0.25, 0.3) is 0 Å². The summed E-state index contributed by atoms with van der Waals surface area (Å²) in [5, 5.41) is 10.3. The molecule has 0 spiro atoms. The number of halogens is 3. The lowest BCUT2D eigenvalue weighted by molar-refractivity contribution is 0.176. The van der Waals surface area contributed by atoms with Crippen LogP contribution in [-0.4, -0.2) is 12.2 Å². The molecule has 0 bridgehead atoms. The molecule has 2 nitrogen and oxygen atoms in total. The van der Waals surface area contributed by atoms with Crippen LogP contribution in [0.2, 0.25) is 0 Å². The lowest BCUT2D eigenvalue weighted by Gasteiger charge is -2.14. The summed E-state index contributed by atoms with van der Waals surface area (Å²) in [5.41, 5.74) is 1.38. The van der Waals surface area contributed by atoms with Gasteiger partial charge >= 0.3 is 0 Å². The maximum atomic E-state index is 13.4. The summed E-state index contributed by atoms with van der Waals surface area (Å²) in [5.74, 6) is 0.317. The molecule has 2 aromatic carbocycles. The maximum absolute atomic E-state index is 13.4. The zero-order valence-corrected chi connectivity index (χ0v) is 13.9. The molecule has 106 valence electrons. The van der Waals surface area contributed by atoms with E-state index in [4.69, 9.17) is 4.74 Å². The summed E-state index contributed by atoms with van der Waals surface area (Å²) in [6, 6.07) is 9.98. The first-order valence-electron chi connectivity index (χ1n) is 5.96. The highest BCUT2D eigenvalue weighted by Gasteiger charge is 2.14. The summed E-state index contributed by atoms with van der Waals surface area (Å²) in [7, 11) is 1.58. The van der Waals surface area contributed by atoms with Crippen LogP contribution in [0.1, 0.15) is 17.2 Å². The van der Waals surface area contributed by atoms with Gasteiger partial charge in [0.2, 0.25) is 0 Å². The van der Waals surface area contributed by atoms with Crippen molar-refractivity contribution < 1.29 is 14.2 Å². The number of ether oxygens (including phenoxy) is 1. The van der Waals surface area contributed by atoms with Gasteiger partial charge in [-0.3, -0.25) is 0 Å². The Morgan fingerprint density at radius 3 is 2.55 bits per heavy atom. The second-order valence-electron chi connectivity index (χ2n) is 4.38. The molecule has 1 unspecified atom stereocenters. The first-order chi connectivity index (χ1) is 9.49. The highest BCUT2D eigenvalue weighted by molar-refractivity contribution is 9.10. The number of hydrogen-bond donors (Lipinski definition) is 1. The lowest BCUT2D eigenvalue weighted by Crippen LogP contribution is -2.04. The van der Waals surface area contributed by atoms with Gasteiger partial charge in [0.1, 0.15) is 11.6 Å². The minimum atomic E-state index is -0.801. The van der Waals surface area contributed by atoms with Gasteiger partial charge in [-0.15, -0.1) is 0 Å². The third-order valence-corrected chi connectivity index (χ3v) is 3.88. The number of hydrogen-bond acceptors (Lipinski definition) is 2. The molecule has 1 atom stereocenters. The van der Waals surface area contributed by atoms with Crippen LogP contribution in [0.5, 0.6) is 5.75 Å². The third kappa shape index (κ3) is 3.81. The lowest BCUT2D eigenvalue weighted by atomic mass is 10.0. The van der Waals surface area contributed by atoms with Gasteiger partial charge in [0.15, 0.2) is 0 Å². The Balaban J connectivity index is 2.27. The highest BCUT2D eigenvalue weighted by atomic mass is 79.9. The van der Waals surface area contributed by atoms with E-state index >= 15 is 0 Å². The summed E-state index contributed by atoms with van der Waals surface area (Å²) in [6.07, 6.45) is -0.455. The van der Waals surface area contributed by atoms with E-state index in [1.165, 1.54) is 12.1 Å².